The van der Waals surface area contributed by atoms with Gasteiger partial charge in [-0.15, -0.1) is 11.3 Å². The molecule has 0 fully saturated rings. The zero-order valence-corrected chi connectivity index (χ0v) is 9.55. The van der Waals surface area contributed by atoms with Gasteiger partial charge in [-0.3, -0.25) is 0 Å². The molecular weight excluding hydrogens is 248 g/mol. The van der Waals surface area contributed by atoms with Crippen LogP contribution in [0.2, 0.25) is 5.02 Å². The van der Waals surface area contributed by atoms with Gasteiger partial charge in [0.1, 0.15) is 10.6 Å². The molecule has 2 rings (SSSR count). The van der Waals surface area contributed by atoms with Gasteiger partial charge in [-0.25, -0.2) is 4.79 Å². The predicted molar refractivity (Wildman–Crippen MR) is 63.4 cm³/mol. The van der Waals surface area contributed by atoms with E-state index in [2.05, 4.69) is 0 Å². The fourth-order valence-corrected chi connectivity index (χ4v) is 2.52. The van der Waals surface area contributed by atoms with Crippen molar-refractivity contribution in [3.8, 4) is 16.2 Å². The minimum Gasteiger partial charge on any atom is -0.508 e. The Hall–Kier alpha value is -1.52. The van der Waals surface area contributed by atoms with Crippen molar-refractivity contribution in [1.82, 2.24) is 0 Å². The van der Waals surface area contributed by atoms with Crippen LogP contribution in [0.5, 0.6) is 5.75 Å². The number of aromatic hydroxyl groups is 1. The van der Waals surface area contributed by atoms with Gasteiger partial charge >= 0.3 is 5.97 Å². The maximum atomic E-state index is 10.7. The molecule has 3 nitrogen and oxygen atoms in total. The molecule has 2 N–H and O–H groups in total. The second kappa shape index (κ2) is 4.15. The number of benzene rings is 1. The highest BCUT2D eigenvalue weighted by Crippen LogP contribution is 2.35. The second-order valence-corrected chi connectivity index (χ2v) is 4.62. The topological polar surface area (TPSA) is 57.5 Å². The molecule has 0 saturated heterocycles. The Morgan fingerprint density at radius 3 is 2.56 bits per heavy atom. The third-order valence-corrected chi connectivity index (χ3v) is 3.45. The Morgan fingerprint density at radius 2 is 2.00 bits per heavy atom. The Bertz CT molecular complexity index is 548. The van der Waals surface area contributed by atoms with Crippen LogP contribution in [0, 0.1) is 0 Å². The van der Waals surface area contributed by atoms with Crippen LogP contribution in [0.3, 0.4) is 0 Å². The highest BCUT2D eigenvalue weighted by atomic mass is 35.5. The van der Waals surface area contributed by atoms with Crippen LogP contribution >= 0.6 is 22.9 Å². The van der Waals surface area contributed by atoms with Crippen LogP contribution in [-0.4, -0.2) is 16.2 Å². The van der Waals surface area contributed by atoms with Gasteiger partial charge in [0, 0.05) is 10.4 Å². The summed E-state index contributed by atoms with van der Waals surface area (Å²) in [7, 11) is 0. The van der Waals surface area contributed by atoms with E-state index in [1.54, 1.807) is 12.1 Å². The molecule has 0 bridgehead atoms. The Balaban J connectivity index is 2.46. The third kappa shape index (κ3) is 2.03. The number of thiophene rings is 1. The van der Waals surface area contributed by atoms with Crippen LogP contribution < -0.4 is 0 Å². The number of rotatable bonds is 2. The van der Waals surface area contributed by atoms with E-state index < -0.39 is 5.97 Å². The van der Waals surface area contributed by atoms with E-state index in [9.17, 15) is 9.90 Å². The molecule has 1 heterocycles. The minimum absolute atomic E-state index is 0.0868. The second-order valence-electron chi connectivity index (χ2n) is 3.13. The lowest BCUT2D eigenvalue weighted by Crippen LogP contribution is -1.89. The van der Waals surface area contributed by atoms with Crippen molar-refractivity contribution >= 4 is 28.9 Å². The van der Waals surface area contributed by atoms with E-state index in [0.717, 1.165) is 21.8 Å². The number of carboxylic acid groups (broad SMARTS) is 1. The smallest absolute Gasteiger partial charge is 0.345 e. The van der Waals surface area contributed by atoms with Gasteiger partial charge in [0.05, 0.1) is 5.02 Å². The summed E-state index contributed by atoms with van der Waals surface area (Å²) < 4.78 is 0. The lowest BCUT2D eigenvalue weighted by atomic mass is 10.2. The molecule has 1 aromatic carbocycles. The van der Waals surface area contributed by atoms with Gasteiger partial charge < -0.3 is 10.2 Å². The summed E-state index contributed by atoms with van der Waals surface area (Å²) >= 11 is 7.10. The monoisotopic (exact) mass is 254 g/mol. The van der Waals surface area contributed by atoms with E-state index in [0.29, 0.717) is 5.02 Å². The number of phenolic OH excluding ortho intramolecular Hbond substituents is 1. The summed E-state index contributed by atoms with van der Waals surface area (Å²) in [5.74, 6) is -0.866. The summed E-state index contributed by atoms with van der Waals surface area (Å²) in [6.45, 7) is 0. The highest BCUT2D eigenvalue weighted by Gasteiger charge is 2.10. The van der Waals surface area contributed by atoms with Crippen LogP contribution in [0.4, 0.5) is 0 Å². The standard InChI is InChI=1S/C11H7ClO3S/c12-8-5-6(13)1-2-7(8)9-3-4-10(16-9)11(14)15/h1-5,13H,(H,14,15). The highest BCUT2D eigenvalue weighted by molar-refractivity contribution is 7.17. The molecule has 0 unspecified atom stereocenters. The molecular formula is C11H7ClO3S. The van der Waals surface area contributed by atoms with E-state index >= 15 is 0 Å². The van der Waals surface area contributed by atoms with Gasteiger partial charge in [-0.2, -0.15) is 0 Å². The first-order valence-electron chi connectivity index (χ1n) is 4.40. The molecule has 0 aliphatic heterocycles. The largest absolute Gasteiger partial charge is 0.508 e. The minimum atomic E-state index is -0.953. The van der Waals surface area contributed by atoms with E-state index in [1.807, 2.05) is 0 Å². The van der Waals surface area contributed by atoms with Gasteiger partial charge in [-0.1, -0.05) is 11.6 Å². The van der Waals surface area contributed by atoms with Crippen molar-refractivity contribution in [3.63, 3.8) is 0 Å². The molecule has 0 aliphatic rings. The first-order valence-corrected chi connectivity index (χ1v) is 5.59. The summed E-state index contributed by atoms with van der Waals surface area (Å²) in [5, 5.41) is 18.4. The normalized spacial score (nSPS) is 10.3. The quantitative estimate of drug-likeness (QED) is 0.863. The van der Waals surface area contributed by atoms with Crippen molar-refractivity contribution < 1.29 is 15.0 Å². The molecule has 0 amide bonds. The number of aromatic carboxylic acids is 1. The zero-order valence-electron chi connectivity index (χ0n) is 7.98. The number of hydrogen-bond acceptors (Lipinski definition) is 3. The van der Waals surface area contributed by atoms with Crippen molar-refractivity contribution in [2.24, 2.45) is 0 Å². The molecule has 0 saturated carbocycles. The molecule has 0 radical (unpaired) electrons. The lowest BCUT2D eigenvalue weighted by Gasteiger charge is -2.01. The van der Waals surface area contributed by atoms with Crippen LogP contribution in [-0.2, 0) is 0 Å². The van der Waals surface area contributed by atoms with Gasteiger partial charge in [-0.05, 0) is 30.3 Å². The molecule has 5 heteroatoms. The molecule has 82 valence electrons. The van der Waals surface area contributed by atoms with Crippen molar-refractivity contribution in [1.29, 1.82) is 0 Å². The molecule has 0 atom stereocenters. The zero-order chi connectivity index (χ0) is 11.7. The molecule has 0 spiro atoms. The maximum Gasteiger partial charge on any atom is 0.345 e. The van der Waals surface area contributed by atoms with E-state index in [4.69, 9.17) is 16.7 Å². The lowest BCUT2D eigenvalue weighted by molar-refractivity contribution is 0.0702. The van der Waals surface area contributed by atoms with Crippen LogP contribution in [0.15, 0.2) is 30.3 Å². The maximum absolute atomic E-state index is 10.7. The van der Waals surface area contributed by atoms with Gasteiger partial charge in [0.15, 0.2) is 0 Å². The van der Waals surface area contributed by atoms with Gasteiger partial charge in [0.25, 0.3) is 0 Å². The molecule has 1 aromatic heterocycles. The van der Waals surface area contributed by atoms with Crippen molar-refractivity contribution in [2.45, 2.75) is 0 Å². The SMILES string of the molecule is O=C(O)c1ccc(-c2ccc(O)cc2Cl)s1. The summed E-state index contributed by atoms with van der Waals surface area (Å²) in [4.78, 5) is 11.8. The Morgan fingerprint density at radius 1 is 1.25 bits per heavy atom. The number of carbonyl (C=O) groups is 1. The molecule has 0 aliphatic carbocycles. The predicted octanol–water partition coefficient (Wildman–Crippen LogP) is 3.47. The van der Waals surface area contributed by atoms with Crippen molar-refractivity contribution in [3.05, 3.63) is 40.2 Å². The number of hydrogen-bond donors (Lipinski definition) is 2. The fraction of sp³-hybridized carbons (Fsp3) is 0. The fourth-order valence-electron chi connectivity index (χ4n) is 1.30. The Labute approximate surface area is 101 Å². The summed E-state index contributed by atoms with van der Waals surface area (Å²) in [5.41, 5.74) is 0.719. The molecule has 2 aromatic rings. The third-order valence-electron chi connectivity index (χ3n) is 2.03. The number of phenols is 1. The number of halogens is 1. The first kappa shape index (κ1) is 11.0. The Kier molecular flexibility index (Phi) is 2.85. The van der Waals surface area contributed by atoms with Crippen LogP contribution in [0.25, 0.3) is 10.4 Å². The number of carboxylic acids is 1. The van der Waals surface area contributed by atoms with E-state index in [1.165, 1.54) is 18.2 Å². The molecule has 16 heavy (non-hydrogen) atoms. The van der Waals surface area contributed by atoms with Crippen LogP contribution in [0.1, 0.15) is 9.67 Å². The van der Waals surface area contributed by atoms with E-state index in [-0.39, 0.29) is 10.6 Å². The average Bonchev–Trinajstić information content (AvgIpc) is 2.66. The average molecular weight is 255 g/mol. The van der Waals surface area contributed by atoms with Gasteiger partial charge in [0.2, 0.25) is 0 Å². The summed E-state index contributed by atoms with van der Waals surface area (Å²) in [6, 6.07) is 7.84. The first-order chi connectivity index (χ1) is 7.58. The van der Waals surface area contributed by atoms with Crippen molar-refractivity contribution in [2.75, 3.05) is 0 Å². The summed E-state index contributed by atoms with van der Waals surface area (Å²) in [6.07, 6.45) is 0.